The number of aromatic nitrogens is 1. The third kappa shape index (κ3) is 3.63. The topological polar surface area (TPSA) is 45.6 Å². The number of nitrogens with zero attached hydrogens (tertiary/aromatic N) is 3. The van der Waals surface area contributed by atoms with Crippen LogP contribution in [0.4, 0.5) is 0 Å². The Balaban J connectivity index is 1.75. The number of hydrazone groups is 1. The van der Waals surface area contributed by atoms with Crippen molar-refractivity contribution in [3.05, 3.63) is 100 Å². The van der Waals surface area contributed by atoms with E-state index in [1.807, 2.05) is 55.5 Å². The van der Waals surface area contributed by atoms with E-state index >= 15 is 0 Å². The van der Waals surface area contributed by atoms with Gasteiger partial charge in [-0.05, 0) is 36.2 Å². The van der Waals surface area contributed by atoms with Gasteiger partial charge in [0, 0.05) is 40.0 Å². The summed E-state index contributed by atoms with van der Waals surface area (Å²) in [5, 5.41) is 7.52. The van der Waals surface area contributed by atoms with Crippen LogP contribution in [-0.4, -0.2) is 21.6 Å². The van der Waals surface area contributed by atoms with Gasteiger partial charge in [0.1, 0.15) is 0 Å². The minimum Gasteiger partial charge on any atom is -0.273 e. The molecule has 1 atom stereocenters. The van der Waals surface area contributed by atoms with Crippen molar-refractivity contribution in [2.24, 2.45) is 5.10 Å². The summed E-state index contributed by atoms with van der Waals surface area (Å²) in [6.07, 6.45) is 0.644. The highest BCUT2D eigenvalue weighted by atomic mass is 79.9. The second-order valence-electron chi connectivity index (χ2n) is 8.02. The molecule has 4 nitrogen and oxygen atoms in total. The van der Waals surface area contributed by atoms with Crippen molar-refractivity contribution in [2.75, 3.05) is 0 Å². The van der Waals surface area contributed by atoms with E-state index in [0.29, 0.717) is 6.42 Å². The van der Waals surface area contributed by atoms with Gasteiger partial charge in [-0.3, -0.25) is 9.78 Å². The van der Waals surface area contributed by atoms with Crippen LogP contribution < -0.4 is 0 Å². The van der Waals surface area contributed by atoms with Crippen LogP contribution in [0.15, 0.2) is 88.4 Å². The SMILES string of the molecule is CC(=O)N1N=C(c2c(C)nc3ccc(Br)cc3c2-c2ccccc2)C[C@@H]1c1ccccc1. The highest BCUT2D eigenvalue weighted by Crippen LogP contribution is 2.39. The first-order valence-corrected chi connectivity index (χ1v) is 11.4. The summed E-state index contributed by atoms with van der Waals surface area (Å²) < 4.78 is 1.000. The average Bonchev–Trinajstić information content (AvgIpc) is 3.25. The van der Waals surface area contributed by atoms with E-state index in [-0.39, 0.29) is 11.9 Å². The standard InChI is InChI=1S/C27H22BrN3O/c1-17-26(24-16-25(31(30-24)18(2)32)19-9-5-3-6-10-19)27(20-11-7-4-8-12-20)22-15-21(28)13-14-23(22)29-17/h3-15,25H,16H2,1-2H3/t25-/m1/s1. The molecule has 0 spiro atoms. The molecule has 5 rings (SSSR count). The monoisotopic (exact) mass is 483 g/mol. The van der Waals surface area contributed by atoms with Crippen LogP contribution in [0.3, 0.4) is 0 Å². The number of fused-ring (bicyclic) bond motifs is 1. The van der Waals surface area contributed by atoms with Crippen molar-refractivity contribution < 1.29 is 4.79 Å². The number of aryl methyl sites for hydroxylation is 1. The molecule has 1 aliphatic heterocycles. The molecule has 1 amide bonds. The van der Waals surface area contributed by atoms with Crippen LogP contribution in [-0.2, 0) is 4.79 Å². The van der Waals surface area contributed by atoms with Gasteiger partial charge in [-0.25, -0.2) is 5.01 Å². The molecule has 4 aromatic rings. The maximum atomic E-state index is 12.5. The molecular weight excluding hydrogens is 462 g/mol. The summed E-state index contributed by atoms with van der Waals surface area (Å²) in [6, 6.07) is 26.5. The van der Waals surface area contributed by atoms with Gasteiger partial charge in [-0.15, -0.1) is 0 Å². The second kappa shape index (κ2) is 8.32. The van der Waals surface area contributed by atoms with E-state index in [9.17, 15) is 4.79 Å². The molecule has 0 radical (unpaired) electrons. The first-order chi connectivity index (χ1) is 15.5. The minimum atomic E-state index is -0.120. The number of hydrogen-bond donors (Lipinski definition) is 0. The van der Waals surface area contributed by atoms with E-state index in [1.54, 1.807) is 11.9 Å². The highest BCUT2D eigenvalue weighted by molar-refractivity contribution is 9.10. The highest BCUT2D eigenvalue weighted by Gasteiger charge is 2.33. The van der Waals surface area contributed by atoms with Crippen LogP contribution in [0.1, 0.15) is 36.2 Å². The van der Waals surface area contributed by atoms with Crippen LogP contribution in [0.25, 0.3) is 22.0 Å². The fourth-order valence-corrected chi connectivity index (χ4v) is 4.86. The van der Waals surface area contributed by atoms with Crippen molar-refractivity contribution in [3.63, 3.8) is 0 Å². The number of rotatable bonds is 3. The Kier molecular flexibility index (Phi) is 5.35. The van der Waals surface area contributed by atoms with Gasteiger partial charge in [0.25, 0.3) is 0 Å². The molecule has 0 saturated heterocycles. The lowest BCUT2D eigenvalue weighted by molar-refractivity contribution is -0.130. The molecule has 1 aromatic heterocycles. The van der Waals surface area contributed by atoms with Crippen LogP contribution in [0.5, 0.6) is 0 Å². The summed E-state index contributed by atoms with van der Waals surface area (Å²) in [6.45, 7) is 3.60. The summed E-state index contributed by atoms with van der Waals surface area (Å²) in [4.78, 5) is 17.4. The molecule has 0 fully saturated rings. The zero-order chi connectivity index (χ0) is 22.2. The molecule has 0 N–H and O–H groups in total. The van der Waals surface area contributed by atoms with E-state index in [1.165, 1.54) is 0 Å². The van der Waals surface area contributed by atoms with E-state index < -0.39 is 0 Å². The Bertz CT molecular complexity index is 1350. The smallest absolute Gasteiger partial charge is 0.240 e. The normalized spacial score (nSPS) is 15.8. The van der Waals surface area contributed by atoms with E-state index in [0.717, 1.165) is 49.0 Å². The van der Waals surface area contributed by atoms with Crippen molar-refractivity contribution in [3.8, 4) is 11.1 Å². The van der Waals surface area contributed by atoms with Crippen molar-refractivity contribution >= 4 is 38.5 Å². The first kappa shape index (κ1) is 20.6. The van der Waals surface area contributed by atoms with Crippen LogP contribution >= 0.6 is 15.9 Å². The maximum absolute atomic E-state index is 12.5. The fraction of sp³-hybridized carbons (Fsp3) is 0.148. The van der Waals surface area contributed by atoms with Crippen molar-refractivity contribution in [1.82, 2.24) is 9.99 Å². The Morgan fingerprint density at radius 2 is 1.66 bits per heavy atom. The quantitative estimate of drug-likeness (QED) is 0.326. The van der Waals surface area contributed by atoms with Gasteiger partial charge in [0.15, 0.2) is 0 Å². The van der Waals surface area contributed by atoms with Gasteiger partial charge < -0.3 is 0 Å². The molecule has 0 unspecified atom stereocenters. The molecular formula is C27H22BrN3O. The van der Waals surface area contributed by atoms with Gasteiger partial charge in [0.05, 0.1) is 17.3 Å². The number of pyridine rings is 1. The number of carbonyl (C=O) groups is 1. The molecule has 0 saturated carbocycles. The lowest BCUT2D eigenvalue weighted by Crippen LogP contribution is -2.24. The summed E-state index contributed by atoms with van der Waals surface area (Å²) in [7, 11) is 0. The van der Waals surface area contributed by atoms with Gasteiger partial charge in [0.2, 0.25) is 5.91 Å². The third-order valence-corrected chi connectivity index (χ3v) is 6.39. The number of benzene rings is 3. The Hall–Kier alpha value is -3.31. The molecule has 1 aliphatic rings. The Morgan fingerprint density at radius 3 is 2.34 bits per heavy atom. The molecule has 0 aliphatic carbocycles. The van der Waals surface area contributed by atoms with Crippen molar-refractivity contribution in [1.29, 1.82) is 0 Å². The zero-order valence-corrected chi connectivity index (χ0v) is 19.5. The molecule has 158 valence electrons. The van der Waals surface area contributed by atoms with Crippen LogP contribution in [0, 0.1) is 6.92 Å². The minimum absolute atomic E-state index is 0.0655. The average molecular weight is 484 g/mol. The van der Waals surface area contributed by atoms with Gasteiger partial charge >= 0.3 is 0 Å². The fourth-order valence-electron chi connectivity index (χ4n) is 4.50. The van der Waals surface area contributed by atoms with Gasteiger partial charge in [-0.1, -0.05) is 76.6 Å². The van der Waals surface area contributed by atoms with Crippen molar-refractivity contribution in [2.45, 2.75) is 26.3 Å². The number of amides is 1. The van der Waals surface area contributed by atoms with E-state index in [4.69, 9.17) is 10.1 Å². The van der Waals surface area contributed by atoms with E-state index in [2.05, 4.69) is 46.3 Å². The zero-order valence-electron chi connectivity index (χ0n) is 17.9. The maximum Gasteiger partial charge on any atom is 0.240 e. The third-order valence-electron chi connectivity index (χ3n) is 5.90. The predicted octanol–water partition coefficient (Wildman–Crippen LogP) is 6.67. The lowest BCUT2D eigenvalue weighted by Gasteiger charge is -2.20. The predicted molar refractivity (Wildman–Crippen MR) is 132 cm³/mol. The van der Waals surface area contributed by atoms with Gasteiger partial charge in [-0.2, -0.15) is 5.10 Å². The number of carbonyl (C=O) groups excluding carboxylic acids is 1. The summed E-state index contributed by atoms with van der Waals surface area (Å²) in [5.74, 6) is -0.0655. The molecule has 32 heavy (non-hydrogen) atoms. The second-order valence-corrected chi connectivity index (χ2v) is 8.93. The molecule has 2 heterocycles. The number of halogens is 1. The Labute approximate surface area is 195 Å². The largest absolute Gasteiger partial charge is 0.273 e. The molecule has 3 aromatic carbocycles. The molecule has 0 bridgehead atoms. The first-order valence-electron chi connectivity index (χ1n) is 10.6. The summed E-state index contributed by atoms with van der Waals surface area (Å²) >= 11 is 3.62. The Morgan fingerprint density at radius 1 is 0.969 bits per heavy atom. The lowest BCUT2D eigenvalue weighted by atomic mass is 9.89. The summed E-state index contributed by atoms with van der Waals surface area (Å²) in [5.41, 5.74) is 7.04. The number of hydrogen-bond acceptors (Lipinski definition) is 3. The van der Waals surface area contributed by atoms with Crippen LogP contribution in [0.2, 0.25) is 0 Å². The molecule has 5 heteroatoms.